The third-order valence-electron chi connectivity index (χ3n) is 2.94. The Hall–Kier alpha value is -1.14. The topological polar surface area (TPSA) is 172 Å². The highest BCUT2D eigenvalue weighted by molar-refractivity contribution is 5.77. The van der Waals surface area contributed by atoms with E-state index in [0.29, 0.717) is 6.29 Å². The Bertz CT molecular complexity index is 353. The van der Waals surface area contributed by atoms with E-state index in [4.69, 9.17) is 20.3 Å². The van der Waals surface area contributed by atoms with E-state index in [0.717, 1.165) is 0 Å². The van der Waals surface area contributed by atoms with Crippen molar-refractivity contribution in [1.82, 2.24) is 5.32 Å². The Morgan fingerprint density at radius 1 is 1.33 bits per heavy atom. The number of hydrogen-bond donors (Lipinski definition) is 6. The van der Waals surface area contributed by atoms with Crippen LogP contribution in [0.25, 0.3) is 0 Å². The summed E-state index contributed by atoms with van der Waals surface area (Å²) in [4.78, 5) is 21.7. The molecule has 1 saturated heterocycles. The minimum atomic E-state index is -1.58. The van der Waals surface area contributed by atoms with E-state index in [9.17, 15) is 24.9 Å². The molecule has 3 unspecified atom stereocenters. The number of ether oxygens (including phenoxy) is 2. The van der Waals surface area contributed by atoms with Crippen LogP contribution >= 0.6 is 0 Å². The number of nitrogens with one attached hydrogen (secondary N) is 1. The Morgan fingerprint density at radius 3 is 2.57 bits per heavy atom. The monoisotopic (exact) mass is 308 g/mol. The summed E-state index contributed by atoms with van der Waals surface area (Å²) in [7, 11) is 0. The second-order valence-corrected chi connectivity index (χ2v) is 4.61. The van der Waals surface area contributed by atoms with Crippen molar-refractivity contribution in [2.45, 2.75) is 36.7 Å². The van der Waals surface area contributed by atoms with Crippen LogP contribution in [0.2, 0.25) is 0 Å². The van der Waals surface area contributed by atoms with Crippen LogP contribution in [0.4, 0.5) is 0 Å². The number of carbonyl (C=O) groups is 2. The summed E-state index contributed by atoms with van der Waals surface area (Å²) in [5.74, 6) is -0.607. The number of aldehydes is 1. The van der Waals surface area contributed by atoms with Gasteiger partial charge in [0.25, 0.3) is 0 Å². The predicted molar refractivity (Wildman–Crippen MR) is 66.8 cm³/mol. The van der Waals surface area contributed by atoms with Crippen LogP contribution in [0.5, 0.6) is 0 Å². The molecule has 122 valence electrons. The van der Waals surface area contributed by atoms with Crippen LogP contribution in [0.15, 0.2) is 0 Å². The molecule has 0 saturated carbocycles. The lowest BCUT2D eigenvalue weighted by Crippen LogP contribution is -2.59. The molecule has 10 nitrogen and oxygen atoms in total. The SMILES string of the molecule is N[C@H](C=O)CNC(=O)COC1OC(CO)C(O)[C@H](O)[C@H]1O. The van der Waals surface area contributed by atoms with Gasteiger partial charge in [-0.1, -0.05) is 0 Å². The number of aliphatic hydroxyl groups excluding tert-OH is 4. The number of rotatable bonds is 7. The fraction of sp³-hybridized carbons (Fsp3) is 0.818. The van der Waals surface area contributed by atoms with Gasteiger partial charge in [0, 0.05) is 6.54 Å². The standard InChI is InChI=1S/C11H20N2O8/c12-5(2-14)1-13-7(16)4-20-11-10(19)9(18)8(17)6(3-15)21-11/h2,5-6,8-11,15,17-19H,1,3-4,12H2,(H,13,16)/t5-,6?,8?,9-,10+,11?/m0/s1. The summed E-state index contributed by atoms with van der Waals surface area (Å²) in [6, 6.07) is -0.832. The lowest BCUT2D eigenvalue weighted by Gasteiger charge is -2.39. The maximum atomic E-state index is 11.4. The summed E-state index contributed by atoms with van der Waals surface area (Å²) in [6.45, 7) is -1.18. The first-order valence-electron chi connectivity index (χ1n) is 6.30. The van der Waals surface area contributed by atoms with Crippen LogP contribution in [0, 0.1) is 0 Å². The Labute approximate surface area is 120 Å². The predicted octanol–water partition coefficient (Wildman–Crippen LogP) is -4.55. The first-order chi connectivity index (χ1) is 9.90. The summed E-state index contributed by atoms with van der Waals surface area (Å²) in [6.07, 6.45) is -6.67. The molecular formula is C11H20N2O8. The molecule has 21 heavy (non-hydrogen) atoms. The fourth-order valence-corrected chi connectivity index (χ4v) is 1.69. The third-order valence-corrected chi connectivity index (χ3v) is 2.94. The Balaban J connectivity index is 2.43. The molecule has 6 atom stereocenters. The quantitative estimate of drug-likeness (QED) is 0.253. The van der Waals surface area contributed by atoms with Gasteiger partial charge in [-0.25, -0.2) is 0 Å². The van der Waals surface area contributed by atoms with Crippen LogP contribution in [0.3, 0.4) is 0 Å². The molecule has 0 aromatic heterocycles. The van der Waals surface area contributed by atoms with Crippen molar-refractivity contribution in [1.29, 1.82) is 0 Å². The highest BCUT2D eigenvalue weighted by Crippen LogP contribution is 2.21. The molecule has 0 radical (unpaired) electrons. The van der Waals surface area contributed by atoms with Gasteiger partial charge in [0.15, 0.2) is 6.29 Å². The van der Waals surface area contributed by atoms with Gasteiger partial charge in [-0.05, 0) is 0 Å². The number of amides is 1. The number of hydrogen-bond acceptors (Lipinski definition) is 9. The molecule has 1 amide bonds. The summed E-state index contributed by atoms with van der Waals surface area (Å²) >= 11 is 0. The van der Waals surface area contributed by atoms with E-state index in [-0.39, 0.29) is 6.54 Å². The number of aliphatic hydroxyl groups is 4. The molecule has 1 heterocycles. The maximum absolute atomic E-state index is 11.4. The zero-order chi connectivity index (χ0) is 16.0. The minimum Gasteiger partial charge on any atom is -0.394 e. The van der Waals surface area contributed by atoms with Crippen molar-refractivity contribution < 1.29 is 39.5 Å². The highest BCUT2D eigenvalue weighted by Gasteiger charge is 2.44. The second kappa shape index (κ2) is 8.34. The average molecular weight is 308 g/mol. The first kappa shape index (κ1) is 17.9. The zero-order valence-electron chi connectivity index (χ0n) is 11.2. The van der Waals surface area contributed by atoms with Crippen molar-refractivity contribution in [2.75, 3.05) is 19.8 Å². The van der Waals surface area contributed by atoms with Crippen LogP contribution < -0.4 is 11.1 Å². The molecule has 1 aliphatic rings. The van der Waals surface area contributed by atoms with Gasteiger partial charge in [0.05, 0.1) is 12.6 Å². The van der Waals surface area contributed by atoms with Crippen molar-refractivity contribution in [3.63, 3.8) is 0 Å². The van der Waals surface area contributed by atoms with Gasteiger partial charge in [-0.3, -0.25) is 4.79 Å². The molecule has 0 aromatic rings. The van der Waals surface area contributed by atoms with Crippen molar-refractivity contribution in [2.24, 2.45) is 5.73 Å². The molecule has 0 aliphatic carbocycles. The highest BCUT2D eigenvalue weighted by atomic mass is 16.7. The van der Waals surface area contributed by atoms with E-state index < -0.39 is 55.9 Å². The number of nitrogens with two attached hydrogens (primary N) is 1. The van der Waals surface area contributed by atoms with Crippen molar-refractivity contribution in [3.05, 3.63) is 0 Å². The largest absolute Gasteiger partial charge is 0.394 e. The molecule has 10 heteroatoms. The van der Waals surface area contributed by atoms with E-state index in [1.165, 1.54) is 0 Å². The lowest BCUT2D eigenvalue weighted by atomic mass is 9.99. The summed E-state index contributed by atoms with van der Waals surface area (Å²) in [5, 5.41) is 40.0. The van der Waals surface area contributed by atoms with Crippen LogP contribution in [-0.2, 0) is 19.1 Å². The van der Waals surface area contributed by atoms with Crippen LogP contribution in [-0.4, -0.2) is 89.1 Å². The lowest BCUT2D eigenvalue weighted by molar-refractivity contribution is -0.299. The molecule has 0 spiro atoms. The number of carbonyl (C=O) groups excluding carboxylic acids is 2. The zero-order valence-corrected chi connectivity index (χ0v) is 11.2. The van der Waals surface area contributed by atoms with Gasteiger partial charge in [-0.2, -0.15) is 0 Å². The van der Waals surface area contributed by atoms with Crippen LogP contribution in [0.1, 0.15) is 0 Å². The first-order valence-corrected chi connectivity index (χ1v) is 6.30. The smallest absolute Gasteiger partial charge is 0.246 e. The fourth-order valence-electron chi connectivity index (χ4n) is 1.69. The van der Waals surface area contributed by atoms with Crippen molar-refractivity contribution >= 4 is 12.2 Å². The summed E-state index contributed by atoms with van der Waals surface area (Å²) < 4.78 is 10.0. The van der Waals surface area contributed by atoms with Gasteiger partial charge in [0.1, 0.15) is 37.3 Å². The van der Waals surface area contributed by atoms with Gasteiger partial charge in [-0.15, -0.1) is 0 Å². The van der Waals surface area contributed by atoms with Gasteiger partial charge < -0.3 is 45.7 Å². The second-order valence-electron chi connectivity index (χ2n) is 4.61. The summed E-state index contributed by atoms with van der Waals surface area (Å²) in [5.41, 5.74) is 5.28. The Morgan fingerprint density at radius 2 is 2.00 bits per heavy atom. The molecule has 1 fully saturated rings. The molecule has 7 N–H and O–H groups in total. The maximum Gasteiger partial charge on any atom is 0.246 e. The molecule has 1 rings (SSSR count). The van der Waals surface area contributed by atoms with E-state index >= 15 is 0 Å². The average Bonchev–Trinajstić information content (AvgIpc) is 2.49. The molecule has 0 aromatic carbocycles. The van der Waals surface area contributed by atoms with Crippen molar-refractivity contribution in [3.8, 4) is 0 Å². The minimum absolute atomic E-state index is 0.0691. The molecule has 0 bridgehead atoms. The van der Waals surface area contributed by atoms with E-state index in [1.54, 1.807) is 0 Å². The van der Waals surface area contributed by atoms with Gasteiger partial charge in [0.2, 0.25) is 5.91 Å². The molecular weight excluding hydrogens is 288 g/mol. The normalized spacial score (nSPS) is 34.2. The Kier molecular flexibility index (Phi) is 7.11. The third kappa shape index (κ3) is 4.97. The van der Waals surface area contributed by atoms with Gasteiger partial charge >= 0.3 is 0 Å². The molecule has 1 aliphatic heterocycles. The van der Waals surface area contributed by atoms with E-state index in [2.05, 4.69) is 5.32 Å². The van der Waals surface area contributed by atoms with E-state index in [1.807, 2.05) is 0 Å².